The van der Waals surface area contributed by atoms with Gasteiger partial charge in [-0.15, -0.1) is 11.3 Å². The van der Waals surface area contributed by atoms with E-state index >= 15 is 0 Å². The van der Waals surface area contributed by atoms with E-state index in [1.54, 1.807) is 15.9 Å². The van der Waals surface area contributed by atoms with Crippen LogP contribution in [-0.2, 0) is 19.4 Å². The highest BCUT2D eigenvalue weighted by Crippen LogP contribution is 2.36. The molecule has 3 rings (SSSR count). The largest absolute Gasteiger partial charge is 0.287 e. The molecule has 0 aromatic carbocycles. The Morgan fingerprint density at radius 1 is 1.57 bits per heavy atom. The molecule has 1 unspecified atom stereocenters. The summed E-state index contributed by atoms with van der Waals surface area (Å²) in [6.07, 6.45) is 3.19. The molecule has 0 N–H and O–H groups in total. The molecule has 0 bridgehead atoms. The smallest absolute Gasteiger partial charge is 0.263 e. The Morgan fingerprint density at radius 3 is 3.10 bits per heavy atom. The van der Waals surface area contributed by atoms with Crippen LogP contribution in [0.25, 0.3) is 10.2 Å². The highest BCUT2D eigenvalue weighted by Gasteiger charge is 2.24. The van der Waals surface area contributed by atoms with Crippen molar-refractivity contribution in [2.45, 2.75) is 44.8 Å². The molecule has 0 amide bonds. The van der Waals surface area contributed by atoms with Crippen LogP contribution in [-0.4, -0.2) is 15.3 Å². The van der Waals surface area contributed by atoms with Crippen molar-refractivity contribution in [3.05, 3.63) is 20.8 Å². The molecule has 0 radical (unpaired) electrons. The zero-order valence-electron chi connectivity index (χ0n) is 12.2. The molecule has 4 nitrogen and oxygen atoms in total. The normalized spacial score (nSPS) is 17.7. The number of nitrogens with zero attached hydrogens (tertiary/aromatic N) is 3. The number of hydrogen-bond donors (Lipinski definition) is 0. The van der Waals surface area contributed by atoms with Gasteiger partial charge in [0, 0.05) is 11.4 Å². The molecule has 2 aromatic heterocycles. The Bertz CT molecular complexity index is 785. The van der Waals surface area contributed by atoms with Crippen molar-refractivity contribution in [3.63, 3.8) is 0 Å². The minimum atomic E-state index is 0.0648. The van der Waals surface area contributed by atoms with E-state index in [0.29, 0.717) is 23.4 Å². The molecule has 0 fully saturated rings. The van der Waals surface area contributed by atoms with Crippen molar-refractivity contribution in [2.24, 2.45) is 5.92 Å². The molecule has 110 valence electrons. The summed E-state index contributed by atoms with van der Waals surface area (Å²) >= 11 is 3.01. The lowest BCUT2D eigenvalue weighted by Crippen LogP contribution is -2.23. The first-order valence-electron chi connectivity index (χ1n) is 7.20. The maximum atomic E-state index is 12.8. The summed E-state index contributed by atoms with van der Waals surface area (Å²) in [4.78, 5) is 19.6. The van der Waals surface area contributed by atoms with Crippen LogP contribution in [0.4, 0.5) is 0 Å². The second-order valence-electron chi connectivity index (χ2n) is 5.42. The lowest BCUT2D eigenvalue weighted by Gasteiger charge is -2.17. The average Bonchev–Trinajstić information content (AvgIpc) is 2.82. The number of nitriles is 1. The number of aryl methyl sites for hydroxylation is 1. The minimum Gasteiger partial charge on any atom is -0.287 e. The topological polar surface area (TPSA) is 58.7 Å². The predicted octanol–water partition coefficient (Wildman–Crippen LogP) is 3.22. The molecule has 1 atom stereocenters. The van der Waals surface area contributed by atoms with Gasteiger partial charge in [0.1, 0.15) is 4.83 Å². The number of fused-ring (bicyclic) bond motifs is 3. The molecule has 0 saturated heterocycles. The van der Waals surface area contributed by atoms with Crippen LogP contribution >= 0.6 is 23.1 Å². The maximum absolute atomic E-state index is 12.8. The Balaban J connectivity index is 2.21. The molecule has 6 heteroatoms. The Morgan fingerprint density at radius 2 is 2.38 bits per heavy atom. The van der Waals surface area contributed by atoms with Crippen LogP contribution in [0.5, 0.6) is 0 Å². The van der Waals surface area contributed by atoms with Crippen LogP contribution < -0.4 is 5.56 Å². The van der Waals surface area contributed by atoms with Crippen molar-refractivity contribution in [1.29, 1.82) is 5.26 Å². The van der Waals surface area contributed by atoms with Gasteiger partial charge in [-0.25, -0.2) is 4.98 Å². The van der Waals surface area contributed by atoms with Crippen molar-refractivity contribution in [3.8, 4) is 6.07 Å². The molecule has 0 saturated carbocycles. The van der Waals surface area contributed by atoms with E-state index in [9.17, 15) is 4.79 Å². The molecular formula is C15H17N3OS2. The SMILES string of the molecule is CCn1c(SCC#N)nc2sc3c(c2c1=O)CCC(C)C3. The first-order chi connectivity index (χ1) is 10.2. The number of rotatable bonds is 3. The Kier molecular flexibility index (Phi) is 4.05. The third-order valence-electron chi connectivity index (χ3n) is 3.96. The third-order valence-corrected chi connectivity index (χ3v) is 5.95. The molecule has 21 heavy (non-hydrogen) atoms. The van der Waals surface area contributed by atoms with Gasteiger partial charge >= 0.3 is 0 Å². The van der Waals surface area contributed by atoms with E-state index in [1.807, 2.05) is 6.92 Å². The van der Waals surface area contributed by atoms with Gasteiger partial charge in [0.15, 0.2) is 5.16 Å². The highest BCUT2D eigenvalue weighted by atomic mass is 32.2. The highest BCUT2D eigenvalue weighted by molar-refractivity contribution is 7.99. The van der Waals surface area contributed by atoms with Crippen molar-refractivity contribution < 1.29 is 0 Å². The van der Waals surface area contributed by atoms with E-state index in [1.165, 1.54) is 22.2 Å². The van der Waals surface area contributed by atoms with Gasteiger partial charge in [0.25, 0.3) is 5.56 Å². The van der Waals surface area contributed by atoms with Crippen LogP contribution in [0.3, 0.4) is 0 Å². The lowest BCUT2D eigenvalue weighted by atomic mass is 9.89. The molecule has 1 aliphatic rings. The molecule has 1 aliphatic carbocycles. The minimum absolute atomic E-state index is 0.0648. The maximum Gasteiger partial charge on any atom is 0.263 e. The van der Waals surface area contributed by atoms with E-state index in [4.69, 9.17) is 5.26 Å². The Hall–Kier alpha value is -1.32. The van der Waals surface area contributed by atoms with Gasteiger partial charge < -0.3 is 0 Å². The van der Waals surface area contributed by atoms with E-state index in [-0.39, 0.29) is 5.56 Å². The quantitative estimate of drug-likeness (QED) is 0.644. The first-order valence-corrected chi connectivity index (χ1v) is 9.00. The predicted molar refractivity (Wildman–Crippen MR) is 87.1 cm³/mol. The third kappa shape index (κ3) is 2.49. The van der Waals surface area contributed by atoms with Crippen LogP contribution in [0.1, 0.15) is 30.7 Å². The summed E-state index contributed by atoms with van der Waals surface area (Å²) in [6.45, 7) is 4.81. The number of thiophene rings is 1. The molecule has 2 heterocycles. The summed E-state index contributed by atoms with van der Waals surface area (Å²) in [5.41, 5.74) is 1.29. The van der Waals surface area contributed by atoms with Gasteiger partial charge in [0.2, 0.25) is 0 Å². The van der Waals surface area contributed by atoms with Gasteiger partial charge in [-0.3, -0.25) is 9.36 Å². The van der Waals surface area contributed by atoms with Crippen molar-refractivity contribution in [1.82, 2.24) is 9.55 Å². The second kappa shape index (κ2) is 5.82. The average molecular weight is 319 g/mol. The second-order valence-corrected chi connectivity index (χ2v) is 7.45. The molecular weight excluding hydrogens is 302 g/mol. The first kappa shape index (κ1) is 14.6. The van der Waals surface area contributed by atoms with Gasteiger partial charge in [-0.2, -0.15) is 5.26 Å². The zero-order chi connectivity index (χ0) is 15.0. The number of aromatic nitrogens is 2. The van der Waals surface area contributed by atoms with Gasteiger partial charge in [-0.05, 0) is 37.7 Å². The summed E-state index contributed by atoms with van der Waals surface area (Å²) in [7, 11) is 0. The number of hydrogen-bond acceptors (Lipinski definition) is 5. The van der Waals surface area contributed by atoms with Crippen molar-refractivity contribution >= 4 is 33.3 Å². The summed E-state index contributed by atoms with van der Waals surface area (Å²) in [5, 5.41) is 10.2. The fourth-order valence-corrected chi connectivity index (χ4v) is 5.04. The Labute approximate surface area is 131 Å². The van der Waals surface area contributed by atoms with Crippen molar-refractivity contribution in [2.75, 3.05) is 5.75 Å². The fourth-order valence-electron chi connectivity index (χ4n) is 2.89. The molecule has 0 spiro atoms. The monoisotopic (exact) mass is 319 g/mol. The summed E-state index contributed by atoms with van der Waals surface area (Å²) in [6, 6.07) is 2.10. The van der Waals surface area contributed by atoms with Gasteiger partial charge in [-0.1, -0.05) is 18.7 Å². The lowest BCUT2D eigenvalue weighted by molar-refractivity contribution is 0.509. The van der Waals surface area contributed by atoms with Gasteiger partial charge in [0.05, 0.1) is 17.2 Å². The van der Waals surface area contributed by atoms with E-state index < -0.39 is 0 Å². The summed E-state index contributed by atoms with van der Waals surface area (Å²) in [5.74, 6) is 1.01. The standard InChI is InChI=1S/C15H17N3OS2/c1-3-18-14(19)12-10-5-4-9(2)8-11(10)21-13(12)17-15(18)20-7-6-16/h9H,3-5,7-8H2,1-2H3. The number of thioether (sulfide) groups is 1. The fraction of sp³-hybridized carbons (Fsp3) is 0.533. The van der Waals surface area contributed by atoms with E-state index in [0.717, 1.165) is 29.5 Å². The van der Waals surface area contributed by atoms with Crippen LogP contribution in [0.2, 0.25) is 0 Å². The van der Waals surface area contributed by atoms with E-state index in [2.05, 4.69) is 18.0 Å². The summed E-state index contributed by atoms with van der Waals surface area (Å²) < 4.78 is 1.70. The molecule has 2 aromatic rings. The van der Waals surface area contributed by atoms with Crippen LogP contribution in [0.15, 0.2) is 9.95 Å². The molecule has 0 aliphatic heterocycles. The van der Waals surface area contributed by atoms with Crippen LogP contribution in [0, 0.1) is 17.2 Å². The zero-order valence-corrected chi connectivity index (χ0v) is 13.8.